The van der Waals surface area contributed by atoms with Crippen LogP contribution in [-0.4, -0.2) is 24.7 Å². The Bertz CT molecular complexity index is 475. The van der Waals surface area contributed by atoms with Gasteiger partial charge in [-0.1, -0.05) is 20.8 Å². The fourth-order valence-corrected chi connectivity index (χ4v) is 2.88. The Hall–Kier alpha value is 0.442. The molecule has 2 rings (SSSR count). The Kier molecular flexibility index (Phi) is 18.7. The van der Waals surface area contributed by atoms with Crippen molar-refractivity contribution in [3.63, 3.8) is 0 Å². The van der Waals surface area contributed by atoms with Crippen LogP contribution in [0.1, 0.15) is 57.6 Å². The topological polar surface area (TPSA) is 38.3 Å². The monoisotopic (exact) mass is 592 g/mol. The molecule has 1 aliphatic carbocycles. The molecule has 1 amide bonds. The van der Waals surface area contributed by atoms with Gasteiger partial charge in [-0.05, 0) is 32.6 Å². The molecule has 1 aromatic rings. The maximum absolute atomic E-state index is 12.2. The molecule has 5 heteroatoms. The third-order valence-electron chi connectivity index (χ3n) is 4.32. The van der Waals surface area contributed by atoms with E-state index in [1.54, 1.807) is 7.11 Å². The van der Waals surface area contributed by atoms with E-state index in [2.05, 4.69) is 18.3 Å². The molecule has 1 fully saturated rings. The standard InChI is InChI=1S/C17H24NO2.C2H6.CH3.W.Y/c1-13-6-4-5-7-14(13)12-16(19)18-17(2)10-8-15(20-3)9-11-17;1-2;;;/h4-6,15H,8-12H2,1-3H3,(H,18,19);1-2H3;1H3;;/q-1;;-1;;. The molecule has 1 radical (unpaired) electrons. The Balaban J connectivity index is -0.000000934. The summed E-state index contributed by atoms with van der Waals surface area (Å²) in [7, 11) is 1.76. The summed E-state index contributed by atoms with van der Waals surface area (Å²) in [4.78, 5) is 12.2. The number of carbonyl (C=O) groups is 1. The predicted octanol–water partition coefficient (Wildman–Crippen LogP) is 4.27. The summed E-state index contributed by atoms with van der Waals surface area (Å²) in [5.41, 5.74) is 2.02. The van der Waals surface area contributed by atoms with E-state index in [0.717, 1.165) is 36.8 Å². The average Bonchev–Trinajstić information content (AvgIpc) is 2.52. The summed E-state index contributed by atoms with van der Waals surface area (Å²) in [5, 5.41) is 3.20. The SMILES string of the molecule is CC.COC1CCC(C)(NC(=O)Cc2[c-]cccc2C)CC1.[CH3-].[W].[Y]. The first-order chi connectivity index (χ1) is 10.5. The number of methoxy groups -OCH3 is 1. The molecule has 1 N–H and O–H groups in total. The first-order valence-electron chi connectivity index (χ1n) is 8.32. The van der Waals surface area contributed by atoms with Crippen LogP contribution in [0.5, 0.6) is 0 Å². The summed E-state index contributed by atoms with van der Waals surface area (Å²) in [6, 6.07) is 8.98. The van der Waals surface area contributed by atoms with Crippen LogP contribution in [0, 0.1) is 20.4 Å². The summed E-state index contributed by atoms with van der Waals surface area (Å²) in [6.45, 7) is 8.16. The fourth-order valence-electron chi connectivity index (χ4n) is 2.88. The van der Waals surface area contributed by atoms with Gasteiger partial charge < -0.3 is 17.5 Å². The molecule has 0 bridgehead atoms. The molecule has 141 valence electrons. The molecule has 0 aliphatic heterocycles. The van der Waals surface area contributed by atoms with Gasteiger partial charge in [-0.25, -0.2) is 0 Å². The quantitative estimate of drug-likeness (QED) is 0.531. The van der Waals surface area contributed by atoms with Crippen LogP contribution < -0.4 is 5.32 Å². The van der Waals surface area contributed by atoms with Gasteiger partial charge in [0, 0.05) is 72.8 Å². The molecule has 1 aromatic carbocycles. The van der Waals surface area contributed by atoms with E-state index in [9.17, 15) is 4.79 Å². The summed E-state index contributed by atoms with van der Waals surface area (Å²) in [5.74, 6) is 0.0916. The van der Waals surface area contributed by atoms with Gasteiger partial charge in [-0.2, -0.15) is 35.4 Å². The van der Waals surface area contributed by atoms with Crippen LogP contribution in [0.3, 0.4) is 0 Å². The van der Waals surface area contributed by atoms with E-state index in [0.29, 0.717) is 12.5 Å². The number of hydrogen-bond donors (Lipinski definition) is 1. The summed E-state index contributed by atoms with van der Waals surface area (Å²) >= 11 is 0. The molecule has 25 heavy (non-hydrogen) atoms. The summed E-state index contributed by atoms with van der Waals surface area (Å²) < 4.78 is 5.38. The number of benzene rings is 1. The summed E-state index contributed by atoms with van der Waals surface area (Å²) in [6.07, 6.45) is 4.76. The third kappa shape index (κ3) is 10.4. The maximum Gasteiger partial charge on any atom is 0.222 e. The first kappa shape index (κ1) is 30.2. The van der Waals surface area contributed by atoms with Crippen molar-refractivity contribution in [1.29, 1.82) is 0 Å². The molecule has 0 aromatic heterocycles. The van der Waals surface area contributed by atoms with Gasteiger partial charge in [0.25, 0.3) is 0 Å². The molecule has 1 aliphatic rings. The van der Waals surface area contributed by atoms with E-state index >= 15 is 0 Å². The zero-order chi connectivity index (χ0) is 16.6. The molecule has 0 unspecified atom stereocenters. The van der Waals surface area contributed by atoms with E-state index in [-0.39, 0.29) is 72.6 Å². The average molecular weight is 592 g/mol. The van der Waals surface area contributed by atoms with Crippen molar-refractivity contribution < 1.29 is 63.3 Å². The Morgan fingerprint density at radius 2 is 1.92 bits per heavy atom. The maximum atomic E-state index is 12.2. The minimum Gasteiger partial charge on any atom is -0.381 e. The minimum atomic E-state index is -0.0885. The van der Waals surface area contributed by atoms with Crippen molar-refractivity contribution in [2.24, 2.45) is 0 Å². The minimum absolute atomic E-state index is 0. The molecule has 0 spiro atoms. The fraction of sp³-hybridized carbons (Fsp3) is 0.600. The van der Waals surface area contributed by atoms with E-state index in [1.165, 1.54) is 0 Å². The predicted molar refractivity (Wildman–Crippen MR) is 97.3 cm³/mol. The second-order valence-corrected chi connectivity index (χ2v) is 6.05. The zero-order valence-corrected chi connectivity index (χ0v) is 22.4. The van der Waals surface area contributed by atoms with Crippen LogP contribution in [0.4, 0.5) is 0 Å². The molecule has 0 saturated heterocycles. The van der Waals surface area contributed by atoms with Crippen LogP contribution in [0.2, 0.25) is 0 Å². The smallest absolute Gasteiger partial charge is 0.222 e. The van der Waals surface area contributed by atoms with E-state index < -0.39 is 0 Å². The van der Waals surface area contributed by atoms with Crippen LogP contribution in [0.25, 0.3) is 0 Å². The van der Waals surface area contributed by atoms with Crippen LogP contribution in [-0.2, 0) is 69.7 Å². The number of amides is 1. The van der Waals surface area contributed by atoms with Crippen LogP contribution in [0.15, 0.2) is 18.2 Å². The van der Waals surface area contributed by atoms with Crippen molar-refractivity contribution in [3.8, 4) is 0 Å². The zero-order valence-electron chi connectivity index (χ0n) is 16.6. The van der Waals surface area contributed by atoms with Gasteiger partial charge in [-0.3, -0.25) is 4.79 Å². The van der Waals surface area contributed by atoms with Crippen molar-refractivity contribution >= 4 is 5.91 Å². The van der Waals surface area contributed by atoms with Crippen molar-refractivity contribution in [3.05, 3.63) is 42.8 Å². The molecule has 0 atom stereocenters. The molecular weight excluding hydrogens is 559 g/mol. The number of aryl methyl sites for hydroxylation is 1. The Morgan fingerprint density at radius 1 is 1.36 bits per heavy atom. The van der Waals surface area contributed by atoms with Gasteiger partial charge in [0.05, 0.1) is 6.10 Å². The van der Waals surface area contributed by atoms with Gasteiger partial charge in [-0.15, -0.1) is 0 Å². The van der Waals surface area contributed by atoms with Gasteiger partial charge in [0.2, 0.25) is 5.91 Å². The normalized spacial score (nSPS) is 21.2. The van der Waals surface area contributed by atoms with Crippen LogP contribution >= 0.6 is 0 Å². The van der Waals surface area contributed by atoms with Gasteiger partial charge in [0.15, 0.2) is 0 Å². The van der Waals surface area contributed by atoms with Crippen molar-refractivity contribution in [1.82, 2.24) is 5.32 Å². The number of nitrogens with one attached hydrogen (secondary N) is 1. The second-order valence-electron chi connectivity index (χ2n) is 6.05. The Labute approximate surface area is 194 Å². The number of carbonyl (C=O) groups excluding carboxylic acids is 1. The third-order valence-corrected chi connectivity index (χ3v) is 4.32. The number of rotatable bonds is 4. The van der Waals surface area contributed by atoms with Gasteiger partial charge >= 0.3 is 0 Å². The molecular formula is C20H33NO2WY-2. The van der Waals surface area contributed by atoms with E-state index in [4.69, 9.17) is 4.74 Å². The number of hydrogen-bond acceptors (Lipinski definition) is 2. The van der Waals surface area contributed by atoms with Crippen molar-refractivity contribution in [2.45, 2.75) is 71.4 Å². The van der Waals surface area contributed by atoms with Gasteiger partial charge in [0.1, 0.15) is 0 Å². The Morgan fingerprint density at radius 3 is 2.40 bits per heavy atom. The van der Waals surface area contributed by atoms with Crippen molar-refractivity contribution in [2.75, 3.05) is 7.11 Å². The molecule has 1 saturated carbocycles. The molecule has 3 nitrogen and oxygen atoms in total. The largest absolute Gasteiger partial charge is 0.381 e. The van der Waals surface area contributed by atoms with E-state index in [1.807, 2.05) is 39.0 Å². The molecule has 0 heterocycles. The second kappa shape index (κ2) is 15.5. The number of ether oxygens (including phenoxy) is 1. The first-order valence-corrected chi connectivity index (χ1v) is 8.32.